The molecule has 42 heavy (non-hydrogen) atoms. The lowest BCUT2D eigenvalue weighted by molar-refractivity contribution is -0.169. The molecule has 0 saturated carbocycles. The highest BCUT2D eigenvalue weighted by molar-refractivity contribution is 6.10. The Morgan fingerprint density at radius 3 is 2.31 bits per heavy atom. The van der Waals surface area contributed by atoms with Crippen LogP contribution in [0, 0.1) is 0 Å². The molecule has 1 aliphatic heterocycles. The Morgan fingerprint density at radius 2 is 1.79 bits per heavy atom. The zero-order valence-corrected chi connectivity index (χ0v) is 24.9. The van der Waals surface area contributed by atoms with Gasteiger partial charge in [-0.15, -0.1) is 0 Å². The van der Waals surface area contributed by atoms with Crippen molar-refractivity contribution in [2.45, 2.75) is 65.8 Å². The van der Waals surface area contributed by atoms with Gasteiger partial charge in [-0.2, -0.15) is 18.2 Å². The number of aromatic nitrogens is 1. The Labute approximate surface area is 242 Å². The molecular weight excluding hydrogens is 557 g/mol. The highest BCUT2D eigenvalue weighted by Gasteiger charge is 2.41. The van der Waals surface area contributed by atoms with Gasteiger partial charge in [0.05, 0.1) is 26.4 Å². The van der Waals surface area contributed by atoms with Crippen molar-refractivity contribution in [2.75, 3.05) is 27.3 Å². The van der Waals surface area contributed by atoms with Crippen LogP contribution >= 0.6 is 0 Å². The fourth-order valence-electron chi connectivity index (χ4n) is 4.38. The van der Waals surface area contributed by atoms with Crippen LogP contribution in [0.15, 0.2) is 23.2 Å². The largest absolute Gasteiger partial charge is 0.493 e. The molecule has 0 bridgehead atoms. The molecule has 0 atom stereocenters. The number of methoxy groups -OCH3 is 1. The first-order chi connectivity index (χ1) is 19.5. The van der Waals surface area contributed by atoms with Gasteiger partial charge < -0.3 is 24.4 Å². The van der Waals surface area contributed by atoms with Crippen LogP contribution in [-0.4, -0.2) is 72.9 Å². The summed E-state index contributed by atoms with van der Waals surface area (Å²) in [6.07, 6.45) is -5.50. The maximum atomic E-state index is 13.7. The van der Waals surface area contributed by atoms with Crippen LogP contribution in [-0.2, 0) is 16.8 Å². The summed E-state index contributed by atoms with van der Waals surface area (Å²) in [6.45, 7) is 10.8. The number of Topliss-reactive ketones (excluding diaryl/α,β-unsaturated/α-hetero) is 1. The summed E-state index contributed by atoms with van der Waals surface area (Å²) < 4.78 is 56.9. The van der Waals surface area contributed by atoms with E-state index >= 15 is 0 Å². The van der Waals surface area contributed by atoms with Crippen LogP contribution in [0.5, 0.6) is 17.2 Å². The number of ether oxygens (including phenoxy) is 3. The molecular formula is C29H35F3N4O6. The number of alkyl halides is 3. The lowest BCUT2D eigenvalue weighted by Gasteiger charge is -2.26. The second-order valence-corrected chi connectivity index (χ2v) is 10.8. The molecule has 1 aliphatic rings. The maximum Gasteiger partial charge on any atom is 0.473 e. The Hall–Kier alpha value is -4.16. The SMILES string of the molecule is CCOc1cc2c(nc1C(=O)NC)/C(=N/C(=O)C(F)(F)F)N(CC(=O)c1cc(OC(C)C)c(OC)c(C(C)(C)C)c1)C2. The highest BCUT2D eigenvalue weighted by Crippen LogP contribution is 2.40. The monoisotopic (exact) mass is 592 g/mol. The van der Waals surface area contributed by atoms with E-state index in [4.69, 9.17) is 14.2 Å². The number of benzene rings is 1. The lowest BCUT2D eigenvalue weighted by atomic mass is 9.84. The van der Waals surface area contributed by atoms with Crippen LogP contribution in [0.2, 0.25) is 0 Å². The third-order valence-corrected chi connectivity index (χ3v) is 6.22. The van der Waals surface area contributed by atoms with E-state index in [1.165, 1.54) is 31.2 Å². The number of amidine groups is 1. The van der Waals surface area contributed by atoms with Gasteiger partial charge in [0.1, 0.15) is 5.69 Å². The minimum absolute atomic E-state index is 0.103. The minimum atomic E-state index is -5.26. The second-order valence-electron chi connectivity index (χ2n) is 10.8. The first-order valence-electron chi connectivity index (χ1n) is 13.3. The van der Waals surface area contributed by atoms with Gasteiger partial charge in [-0.1, -0.05) is 20.8 Å². The fraction of sp³-hybridized carbons (Fsp3) is 0.483. The van der Waals surface area contributed by atoms with E-state index in [1.54, 1.807) is 13.0 Å². The normalized spacial score (nSPS) is 14.2. The number of ketones is 1. The molecule has 2 heterocycles. The van der Waals surface area contributed by atoms with Gasteiger partial charge in [0, 0.05) is 30.3 Å². The zero-order chi connectivity index (χ0) is 31.6. The Kier molecular flexibility index (Phi) is 9.53. The van der Waals surface area contributed by atoms with Crippen LogP contribution < -0.4 is 19.5 Å². The van der Waals surface area contributed by atoms with Gasteiger partial charge in [-0.25, -0.2) is 4.98 Å². The third-order valence-electron chi connectivity index (χ3n) is 6.22. The number of aliphatic imine (C=N–C) groups is 1. The number of hydrogen-bond donors (Lipinski definition) is 1. The van der Waals surface area contributed by atoms with Crippen molar-refractivity contribution in [3.63, 3.8) is 0 Å². The van der Waals surface area contributed by atoms with Crippen molar-refractivity contribution in [3.8, 4) is 17.2 Å². The van der Waals surface area contributed by atoms with Crippen molar-refractivity contribution < 1.29 is 41.8 Å². The standard InChI is InChI=1S/C29H35F3N4O6/c1-9-41-20-12-17-13-36(25(35-27(39)29(30,31)32)22(17)34-23(20)26(38)33-7)14-19(37)16-10-18(28(4,5)6)24(40-8)21(11-16)42-15(2)3/h10-12,15H,9,13-14H2,1-8H3,(H,33,38)/b35-25-. The topological polar surface area (TPSA) is 119 Å². The van der Waals surface area contributed by atoms with Crippen LogP contribution in [0.25, 0.3) is 0 Å². The van der Waals surface area contributed by atoms with Crippen LogP contribution in [0.4, 0.5) is 13.2 Å². The molecule has 0 saturated heterocycles. The molecule has 2 aromatic rings. The second kappa shape index (κ2) is 12.4. The van der Waals surface area contributed by atoms with Crippen molar-refractivity contribution >= 4 is 23.4 Å². The van der Waals surface area contributed by atoms with Gasteiger partial charge in [0.15, 0.2) is 34.6 Å². The zero-order valence-electron chi connectivity index (χ0n) is 24.9. The molecule has 0 fully saturated rings. The van der Waals surface area contributed by atoms with Crippen molar-refractivity contribution in [1.82, 2.24) is 15.2 Å². The number of carbonyl (C=O) groups excluding carboxylic acids is 3. The Bertz CT molecular complexity index is 1410. The molecule has 0 unspecified atom stereocenters. The van der Waals surface area contributed by atoms with Gasteiger partial charge in [0.25, 0.3) is 5.91 Å². The average Bonchev–Trinajstić information content (AvgIpc) is 3.21. The summed E-state index contributed by atoms with van der Waals surface area (Å²) in [5.74, 6) is -3.06. The van der Waals surface area contributed by atoms with E-state index in [-0.39, 0.29) is 42.0 Å². The third kappa shape index (κ3) is 7.00. The predicted molar refractivity (Wildman–Crippen MR) is 149 cm³/mol. The quantitative estimate of drug-likeness (QED) is 0.424. The summed E-state index contributed by atoms with van der Waals surface area (Å²) in [6, 6.07) is 4.63. The Balaban J connectivity index is 2.13. The minimum Gasteiger partial charge on any atom is -0.493 e. The molecule has 0 spiro atoms. The summed E-state index contributed by atoms with van der Waals surface area (Å²) in [5, 5.41) is 2.40. The van der Waals surface area contributed by atoms with Crippen molar-refractivity contribution in [1.29, 1.82) is 0 Å². The summed E-state index contributed by atoms with van der Waals surface area (Å²) in [4.78, 5) is 46.9. The molecule has 10 nitrogen and oxygen atoms in total. The smallest absolute Gasteiger partial charge is 0.473 e. The highest BCUT2D eigenvalue weighted by atomic mass is 19.4. The average molecular weight is 593 g/mol. The lowest BCUT2D eigenvalue weighted by Crippen LogP contribution is -2.34. The molecule has 3 rings (SSSR count). The van der Waals surface area contributed by atoms with Gasteiger partial charge in [-0.05, 0) is 44.4 Å². The number of carbonyl (C=O) groups is 3. The number of hydrogen-bond acceptors (Lipinski definition) is 7. The number of pyridine rings is 1. The number of halogens is 3. The van der Waals surface area contributed by atoms with E-state index < -0.39 is 41.6 Å². The molecule has 13 heteroatoms. The summed E-state index contributed by atoms with van der Waals surface area (Å²) in [7, 11) is 2.86. The van der Waals surface area contributed by atoms with E-state index in [9.17, 15) is 27.6 Å². The van der Waals surface area contributed by atoms with E-state index in [2.05, 4.69) is 15.3 Å². The van der Waals surface area contributed by atoms with Crippen LogP contribution in [0.3, 0.4) is 0 Å². The van der Waals surface area contributed by atoms with Crippen molar-refractivity contribution in [2.24, 2.45) is 4.99 Å². The van der Waals surface area contributed by atoms with Gasteiger partial charge >= 0.3 is 12.1 Å². The fourth-order valence-corrected chi connectivity index (χ4v) is 4.38. The molecule has 1 N–H and O–H groups in total. The molecule has 1 aromatic heterocycles. The van der Waals surface area contributed by atoms with Gasteiger partial charge in [0.2, 0.25) is 0 Å². The summed E-state index contributed by atoms with van der Waals surface area (Å²) in [5.41, 5.74) is 0.470. The number of nitrogens with one attached hydrogen (secondary N) is 1. The number of nitrogens with zero attached hydrogens (tertiary/aromatic N) is 3. The maximum absolute atomic E-state index is 13.7. The first-order valence-corrected chi connectivity index (χ1v) is 13.3. The van der Waals surface area contributed by atoms with Crippen LogP contribution in [0.1, 0.15) is 79.2 Å². The number of fused-ring (bicyclic) bond motifs is 1. The number of amides is 2. The predicted octanol–water partition coefficient (Wildman–Crippen LogP) is 4.47. The van der Waals surface area contributed by atoms with E-state index in [0.717, 1.165) is 0 Å². The summed E-state index contributed by atoms with van der Waals surface area (Å²) >= 11 is 0. The molecule has 0 aliphatic carbocycles. The molecule has 228 valence electrons. The molecule has 0 radical (unpaired) electrons. The van der Waals surface area contributed by atoms with E-state index in [0.29, 0.717) is 22.6 Å². The van der Waals surface area contributed by atoms with Gasteiger partial charge in [-0.3, -0.25) is 14.4 Å². The first kappa shape index (κ1) is 32.4. The Morgan fingerprint density at radius 1 is 1.12 bits per heavy atom. The molecule has 2 amide bonds. The number of rotatable bonds is 9. The van der Waals surface area contributed by atoms with E-state index in [1.807, 2.05) is 34.6 Å². The molecule has 1 aromatic carbocycles. The van der Waals surface area contributed by atoms with Crippen molar-refractivity contribution in [3.05, 3.63) is 46.3 Å².